The fraction of sp³-hybridized carbons (Fsp3) is 0.588. The Morgan fingerprint density at radius 2 is 1.74 bits per heavy atom. The summed E-state index contributed by atoms with van der Waals surface area (Å²) >= 11 is 0. The Labute approximate surface area is 116 Å². The van der Waals surface area contributed by atoms with Gasteiger partial charge in [0.1, 0.15) is 5.78 Å². The van der Waals surface area contributed by atoms with Gasteiger partial charge < -0.3 is 4.90 Å². The zero-order chi connectivity index (χ0) is 14.0. The monoisotopic (exact) mass is 259 g/mol. The first kappa shape index (κ1) is 14.3. The van der Waals surface area contributed by atoms with Gasteiger partial charge in [-0.3, -0.25) is 4.79 Å². The van der Waals surface area contributed by atoms with Gasteiger partial charge in [-0.25, -0.2) is 0 Å². The SMILES string of the molecule is Cc1ccc(C(C2CCC(=O)CC2)N(C)C)cc1C. The zero-order valence-corrected chi connectivity index (χ0v) is 12.6. The molecule has 0 aliphatic heterocycles. The van der Waals surface area contributed by atoms with E-state index in [0.717, 1.165) is 25.7 Å². The molecule has 1 saturated carbocycles. The van der Waals surface area contributed by atoms with Crippen LogP contribution in [0.15, 0.2) is 18.2 Å². The lowest BCUT2D eigenvalue weighted by Gasteiger charge is -2.35. The summed E-state index contributed by atoms with van der Waals surface area (Å²) in [7, 11) is 4.30. The van der Waals surface area contributed by atoms with Gasteiger partial charge in [0, 0.05) is 18.9 Å². The predicted molar refractivity (Wildman–Crippen MR) is 79.3 cm³/mol. The van der Waals surface area contributed by atoms with E-state index in [4.69, 9.17) is 0 Å². The number of benzene rings is 1. The molecule has 19 heavy (non-hydrogen) atoms. The molecule has 1 aliphatic rings. The number of carbonyl (C=O) groups excluding carboxylic acids is 1. The van der Waals surface area contributed by atoms with E-state index in [1.165, 1.54) is 16.7 Å². The predicted octanol–water partition coefficient (Wildman–Crippen LogP) is 3.67. The Morgan fingerprint density at radius 3 is 2.26 bits per heavy atom. The molecule has 1 unspecified atom stereocenters. The molecular weight excluding hydrogens is 234 g/mol. The Bertz CT molecular complexity index is 454. The van der Waals surface area contributed by atoms with Crippen molar-refractivity contribution in [2.45, 2.75) is 45.6 Å². The van der Waals surface area contributed by atoms with E-state index < -0.39 is 0 Å². The van der Waals surface area contributed by atoms with E-state index in [9.17, 15) is 4.79 Å². The van der Waals surface area contributed by atoms with Crippen molar-refractivity contribution in [2.75, 3.05) is 14.1 Å². The van der Waals surface area contributed by atoms with E-state index >= 15 is 0 Å². The molecule has 1 aromatic carbocycles. The van der Waals surface area contributed by atoms with Gasteiger partial charge >= 0.3 is 0 Å². The van der Waals surface area contributed by atoms with Crippen LogP contribution in [0.25, 0.3) is 0 Å². The van der Waals surface area contributed by atoms with Gasteiger partial charge in [-0.05, 0) is 63.4 Å². The number of carbonyl (C=O) groups is 1. The maximum atomic E-state index is 11.4. The van der Waals surface area contributed by atoms with Crippen LogP contribution in [0.4, 0.5) is 0 Å². The molecule has 0 heterocycles. The van der Waals surface area contributed by atoms with Gasteiger partial charge in [0.15, 0.2) is 0 Å². The normalized spacial score (nSPS) is 18.9. The minimum absolute atomic E-state index is 0.437. The first-order valence-electron chi connectivity index (χ1n) is 7.24. The van der Waals surface area contributed by atoms with Gasteiger partial charge in [0.25, 0.3) is 0 Å². The highest BCUT2D eigenvalue weighted by Crippen LogP contribution is 2.36. The largest absolute Gasteiger partial charge is 0.302 e. The topological polar surface area (TPSA) is 20.3 Å². The Kier molecular flexibility index (Phi) is 4.41. The fourth-order valence-corrected chi connectivity index (χ4v) is 3.22. The van der Waals surface area contributed by atoms with Crippen molar-refractivity contribution in [3.8, 4) is 0 Å². The van der Waals surface area contributed by atoms with Crippen molar-refractivity contribution in [1.82, 2.24) is 4.90 Å². The van der Waals surface area contributed by atoms with Crippen LogP contribution in [-0.4, -0.2) is 24.8 Å². The smallest absolute Gasteiger partial charge is 0.132 e. The number of hydrogen-bond acceptors (Lipinski definition) is 2. The maximum absolute atomic E-state index is 11.4. The Morgan fingerprint density at radius 1 is 1.11 bits per heavy atom. The minimum atomic E-state index is 0.437. The van der Waals surface area contributed by atoms with Crippen molar-refractivity contribution < 1.29 is 4.79 Å². The summed E-state index contributed by atoms with van der Waals surface area (Å²) in [5.74, 6) is 1.05. The summed E-state index contributed by atoms with van der Waals surface area (Å²) in [4.78, 5) is 13.7. The lowest BCUT2D eigenvalue weighted by atomic mass is 9.79. The van der Waals surface area contributed by atoms with Crippen molar-refractivity contribution in [3.63, 3.8) is 0 Å². The summed E-state index contributed by atoms with van der Waals surface area (Å²) in [5, 5.41) is 0. The third kappa shape index (κ3) is 3.24. The van der Waals surface area contributed by atoms with Crippen LogP contribution in [0.3, 0.4) is 0 Å². The van der Waals surface area contributed by atoms with Gasteiger partial charge in [-0.1, -0.05) is 18.2 Å². The van der Waals surface area contributed by atoms with Crippen LogP contribution in [0.5, 0.6) is 0 Å². The zero-order valence-electron chi connectivity index (χ0n) is 12.6. The van der Waals surface area contributed by atoms with Gasteiger partial charge in [0.2, 0.25) is 0 Å². The molecule has 0 spiro atoms. The number of Topliss-reactive ketones (excluding diaryl/α,β-unsaturated/α-hetero) is 1. The molecule has 1 atom stereocenters. The van der Waals surface area contributed by atoms with Gasteiger partial charge in [-0.2, -0.15) is 0 Å². The highest BCUT2D eigenvalue weighted by atomic mass is 16.1. The van der Waals surface area contributed by atoms with Crippen LogP contribution in [0.2, 0.25) is 0 Å². The molecular formula is C17H25NO. The third-order valence-corrected chi connectivity index (χ3v) is 4.46. The van der Waals surface area contributed by atoms with Gasteiger partial charge in [0.05, 0.1) is 0 Å². The third-order valence-electron chi connectivity index (χ3n) is 4.46. The van der Waals surface area contributed by atoms with E-state index in [1.54, 1.807) is 0 Å². The highest BCUT2D eigenvalue weighted by Gasteiger charge is 2.29. The van der Waals surface area contributed by atoms with Crippen molar-refractivity contribution in [1.29, 1.82) is 0 Å². The molecule has 0 radical (unpaired) electrons. The summed E-state index contributed by atoms with van der Waals surface area (Å²) in [6.45, 7) is 4.33. The van der Waals surface area contributed by atoms with Crippen molar-refractivity contribution >= 4 is 5.78 Å². The number of rotatable bonds is 3. The minimum Gasteiger partial charge on any atom is -0.302 e. The lowest BCUT2D eigenvalue weighted by molar-refractivity contribution is -0.121. The quantitative estimate of drug-likeness (QED) is 0.825. The van der Waals surface area contributed by atoms with Crippen LogP contribution in [0, 0.1) is 19.8 Å². The number of nitrogens with zero attached hydrogens (tertiary/aromatic N) is 1. The summed E-state index contributed by atoms with van der Waals surface area (Å²) in [6.07, 6.45) is 3.60. The van der Waals surface area contributed by atoms with Crippen LogP contribution >= 0.6 is 0 Å². The molecule has 1 aliphatic carbocycles. The summed E-state index contributed by atoms with van der Waals surface area (Å²) in [6, 6.07) is 7.22. The molecule has 2 heteroatoms. The van der Waals surface area contributed by atoms with E-state index in [-0.39, 0.29) is 0 Å². The second kappa shape index (κ2) is 5.87. The van der Waals surface area contributed by atoms with E-state index in [1.807, 2.05) is 0 Å². The standard InChI is InChI=1S/C17H25NO/c1-12-5-6-15(11-13(12)2)17(18(3)4)14-7-9-16(19)10-8-14/h5-6,11,14,17H,7-10H2,1-4H3. The molecule has 104 valence electrons. The number of ketones is 1. The molecule has 0 aromatic heterocycles. The van der Waals surface area contributed by atoms with Gasteiger partial charge in [-0.15, -0.1) is 0 Å². The molecule has 1 aromatic rings. The van der Waals surface area contributed by atoms with E-state index in [0.29, 0.717) is 17.7 Å². The average Bonchev–Trinajstić information content (AvgIpc) is 2.36. The number of aryl methyl sites for hydroxylation is 2. The van der Waals surface area contributed by atoms with Crippen molar-refractivity contribution in [3.05, 3.63) is 34.9 Å². The average molecular weight is 259 g/mol. The molecule has 0 bridgehead atoms. The molecule has 1 fully saturated rings. The number of hydrogen-bond donors (Lipinski definition) is 0. The Balaban J connectivity index is 2.24. The molecule has 0 N–H and O–H groups in total. The van der Waals surface area contributed by atoms with Crippen LogP contribution in [0.1, 0.15) is 48.4 Å². The van der Waals surface area contributed by atoms with Crippen molar-refractivity contribution in [2.24, 2.45) is 5.92 Å². The summed E-state index contributed by atoms with van der Waals surface area (Å²) < 4.78 is 0. The van der Waals surface area contributed by atoms with Crippen LogP contribution < -0.4 is 0 Å². The maximum Gasteiger partial charge on any atom is 0.132 e. The van der Waals surface area contributed by atoms with Crippen LogP contribution in [-0.2, 0) is 4.79 Å². The first-order chi connectivity index (χ1) is 8.99. The second-order valence-corrected chi connectivity index (χ2v) is 6.13. The second-order valence-electron chi connectivity index (χ2n) is 6.13. The highest BCUT2D eigenvalue weighted by molar-refractivity contribution is 5.79. The fourth-order valence-electron chi connectivity index (χ4n) is 3.22. The summed E-state index contributed by atoms with van der Waals surface area (Å²) in [5.41, 5.74) is 4.10. The Hall–Kier alpha value is -1.15. The molecule has 2 rings (SSSR count). The van der Waals surface area contributed by atoms with E-state index in [2.05, 4.69) is 51.0 Å². The molecule has 2 nitrogen and oxygen atoms in total. The molecule has 0 saturated heterocycles. The molecule has 0 amide bonds. The first-order valence-corrected chi connectivity index (χ1v) is 7.24. The lowest BCUT2D eigenvalue weighted by Crippen LogP contribution is -2.30.